The van der Waals surface area contributed by atoms with Crippen LogP contribution in [-0.4, -0.2) is 25.2 Å². The molecule has 0 saturated carbocycles. The van der Waals surface area contributed by atoms with Gasteiger partial charge in [0.2, 0.25) is 0 Å². The number of methoxy groups -OCH3 is 1. The van der Waals surface area contributed by atoms with Crippen molar-refractivity contribution in [3.05, 3.63) is 28.8 Å². The van der Waals surface area contributed by atoms with E-state index < -0.39 is 0 Å². The molecule has 1 aliphatic rings. The van der Waals surface area contributed by atoms with Crippen LogP contribution in [0.15, 0.2) is 12.1 Å². The first-order valence-electron chi connectivity index (χ1n) is 5.68. The molecule has 1 aliphatic heterocycles. The monoisotopic (exact) mass is 237 g/mol. The topological polar surface area (TPSA) is 21.3 Å². The molecule has 0 spiro atoms. The van der Waals surface area contributed by atoms with Crippen molar-refractivity contribution in [3.63, 3.8) is 0 Å². The second-order valence-corrected chi connectivity index (χ2v) is 5.41. The van der Waals surface area contributed by atoms with Crippen LogP contribution in [0.2, 0.25) is 0 Å². The minimum absolute atomic E-state index is 0.503. The van der Waals surface area contributed by atoms with E-state index in [1.54, 1.807) is 7.11 Å². The molecular formula is C13H19NOS. The normalized spacial score (nSPS) is 20.8. The van der Waals surface area contributed by atoms with Gasteiger partial charge in [-0.1, -0.05) is 6.07 Å². The molecule has 16 heavy (non-hydrogen) atoms. The molecule has 88 valence electrons. The first-order valence-corrected chi connectivity index (χ1v) is 6.84. The molecular weight excluding hydrogens is 218 g/mol. The molecule has 1 heterocycles. The minimum atomic E-state index is 0.503. The standard InChI is InChI=1S/C13H19NOS/c1-9-7-13(15-3)10(2)6-11(9)12-8-16-5-4-14-12/h6-7,12,14H,4-5,8H2,1-3H3. The molecule has 1 atom stereocenters. The van der Waals surface area contributed by atoms with E-state index in [4.69, 9.17) is 4.74 Å². The predicted molar refractivity (Wildman–Crippen MR) is 70.5 cm³/mol. The zero-order chi connectivity index (χ0) is 11.5. The third-order valence-corrected chi connectivity index (χ3v) is 4.14. The van der Waals surface area contributed by atoms with Crippen LogP contribution in [0.1, 0.15) is 22.7 Å². The van der Waals surface area contributed by atoms with E-state index >= 15 is 0 Å². The summed E-state index contributed by atoms with van der Waals surface area (Å²) < 4.78 is 5.34. The molecule has 0 aromatic heterocycles. The zero-order valence-corrected chi connectivity index (χ0v) is 11.0. The summed E-state index contributed by atoms with van der Waals surface area (Å²) in [5.41, 5.74) is 3.97. The fourth-order valence-electron chi connectivity index (χ4n) is 2.17. The van der Waals surface area contributed by atoms with Crippen LogP contribution in [0.25, 0.3) is 0 Å². The van der Waals surface area contributed by atoms with Gasteiger partial charge < -0.3 is 10.1 Å². The molecule has 1 N–H and O–H groups in total. The Balaban J connectivity index is 2.29. The average Bonchev–Trinajstić information content (AvgIpc) is 2.32. The van der Waals surface area contributed by atoms with Crippen molar-refractivity contribution in [3.8, 4) is 5.75 Å². The number of thioether (sulfide) groups is 1. The van der Waals surface area contributed by atoms with Crippen molar-refractivity contribution in [2.45, 2.75) is 19.9 Å². The molecule has 2 rings (SSSR count). The lowest BCUT2D eigenvalue weighted by Crippen LogP contribution is -2.30. The van der Waals surface area contributed by atoms with Crippen molar-refractivity contribution in [1.29, 1.82) is 0 Å². The van der Waals surface area contributed by atoms with Crippen LogP contribution in [0.5, 0.6) is 5.75 Å². The van der Waals surface area contributed by atoms with Crippen LogP contribution in [0.4, 0.5) is 0 Å². The molecule has 0 bridgehead atoms. The Kier molecular flexibility index (Phi) is 3.77. The molecule has 1 aromatic carbocycles. The Morgan fingerprint density at radius 3 is 2.75 bits per heavy atom. The third kappa shape index (κ3) is 2.36. The summed E-state index contributed by atoms with van der Waals surface area (Å²) in [6.07, 6.45) is 0. The highest BCUT2D eigenvalue weighted by atomic mass is 32.2. The molecule has 0 radical (unpaired) electrons. The Bertz CT molecular complexity index is 372. The van der Waals surface area contributed by atoms with E-state index in [9.17, 15) is 0 Å². The second kappa shape index (κ2) is 5.11. The summed E-state index contributed by atoms with van der Waals surface area (Å²) in [4.78, 5) is 0. The molecule has 2 nitrogen and oxygen atoms in total. The number of nitrogens with one attached hydrogen (secondary N) is 1. The first-order chi connectivity index (χ1) is 7.72. The van der Waals surface area contributed by atoms with Crippen molar-refractivity contribution in [2.24, 2.45) is 0 Å². The van der Waals surface area contributed by atoms with Crippen LogP contribution in [-0.2, 0) is 0 Å². The summed E-state index contributed by atoms with van der Waals surface area (Å²) in [7, 11) is 1.73. The SMILES string of the molecule is COc1cc(C)c(C2CSCCN2)cc1C. The van der Waals surface area contributed by atoms with Gasteiger partial charge in [0.1, 0.15) is 5.75 Å². The number of benzene rings is 1. The quantitative estimate of drug-likeness (QED) is 0.854. The Morgan fingerprint density at radius 1 is 1.31 bits per heavy atom. The molecule has 1 fully saturated rings. The van der Waals surface area contributed by atoms with E-state index in [-0.39, 0.29) is 0 Å². The average molecular weight is 237 g/mol. The van der Waals surface area contributed by atoms with Gasteiger partial charge >= 0.3 is 0 Å². The van der Waals surface area contributed by atoms with Gasteiger partial charge in [0.25, 0.3) is 0 Å². The minimum Gasteiger partial charge on any atom is -0.496 e. The van der Waals surface area contributed by atoms with Crippen LogP contribution < -0.4 is 10.1 Å². The molecule has 1 aromatic rings. The maximum Gasteiger partial charge on any atom is 0.122 e. The number of hydrogen-bond acceptors (Lipinski definition) is 3. The van der Waals surface area contributed by atoms with Crippen LogP contribution in [0.3, 0.4) is 0 Å². The van der Waals surface area contributed by atoms with Crippen LogP contribution >= 0.6 is 11.8 Å². The fourth-order valence-corrected chi connectivity index (χ4v) is 3.13. The summed E-state index contributed by atoms with van der Waals surface area (Å²) >= 11 is 2.03. The van der Waals surface area contributed by atoms with Gasteiger partial charge in [0, 0.05) is 24.1 Å². The molecule has 3 heteroatoms. The Morgan fingerprint density at radius 2 is 2.12 bits per heavy atom. The van der Waals surface area contributed by atoms with Crippen LogP contribution in [0, 0.1) is 13.8 Å². The van der Waals surface area contributed by atoms with Gasteiger partial charge in [0.05, 0.1) is 7.11 Å². The van der Waals surface area contributed by atoms with Gasteiger partial charge in [-0.05, 0) is 36.6 Å². The van der Waals surface area contributed by atoms with Crippen molar-refractivity contribution < 1.29 is 4.74 Å². The van der Waals surface area contributed by atoms with Gasteiger partial charge in [-0.3, -0.25) is 0 Å². The maximum absolute atomic E-state index is 5.34. The number of hydrogen-bond donors (Lipinski definition) is 1. The van der Waals surface area contributed by atoms with Gasteiger partial charge in [-0.2, -0.15) is 11.8 Å². The lowest BCUT2D eigenvalue weighted by atomic mass is 9.99. The zero-order valence-electron chi connectivity index (χ0n) is 10.2. The van der Waals surface area contributed by atoms with Crippen molar-refractivity contribution in [1.82, 2.24) is 5.32 Å². The molecule has 0 amide bonds. The molecule has 1 unspecified atom stereocenters. The number of aryl methyl sites for hydroxylation is 2. The first kappa shape index (κ1) is 11.8. The van der Waals surface area contributed by atoms with E-state index in [1.165, 1.54) is 28.2 Å². The highest BCUT2D eigenvalue weighted by molar-refractivity contribution is 7.99. The van der Waals surface area contributed by atoms with E-state index in [0.717, 1.165) is 12.3 Å². The second-order valence-electron chi connectivity index (χ2n) is 4.26. The third-order valence-electron chi connectivity index (χ3n) is 3.08. The van der Waals surface area contributed by atoms with E-state index in [0.29, 0.717) is 6.04 Å². The summed E-state index contributed by atoms with van der Waals surface area (Å²) in [5.74, 6) is 3.39. The maximum atomic E-state index is 5.34. The van der Waals surface area contributed by atoms with E-state index in [1.807, 2.05) is 11.8 Å². The largest absolute Gasteiger partial charge is 0.496 e. The van der Waals surface area contributed by atoms with Gasteiger partial charge in [-0.25, -0.2) is 0 Å². The smallest absolute Gasteiger partial charge is 0.122 e. The predicted octanol–water partition coefficient (Wildman–Crippen LogP) is 2.69. The van der Waals surface area contributed by atoms with E-state index in [2.05, 4.69) is 31.3 Å². The Labute approximate surface area is 102 Å². The summed E-state index contributed by atoms with van der Waals surface area (Å²) in [6, 6.07) is 4.91. The van der Waals surface area contributed by atoms with Crippen molar-refractivity contribution in [2.75, 3.05) is 25.2 Å². The highest BCUT2D eigenvalue weighted by Gasteiger charge is 2.18. The number of ether oxygens (including phenoxy) is 1. The molecule has 0 aliphatic carbocycles. The van der Waals surface area contributed by atoms with Gasteiger partial charge in [0.15, 0.2) is 0 Å². The lowest BCUT2D eigenvalue weighted by molar-refractivity contribution is 0.411. The lowest BCUT2D eigenvalue weighted by Gasteiger charge is -2.25. The van der Waals surface area contributed by atoms with Gasteiger partial charge in [-0.15, -0.1) is 0 Å². The highest BCUT2D eigenvalue weighted by Crippen LogP contribution is 2.29. The molecule has 1 saturated heterocycles. The summed E-state index contributed by atoms with van der Waals surface area (Å²) in [5, 5.41) is 3.58. The number of rotatable bonds is 2. The Hall–Kier alpha value is -0.670. The fraction of sp³-hybridized carbons (Fsp3) is 0.538. The summed E-state index contributed by atoms with van der Waals surface area (Å²) in [6.45, 7) is 5.38. The van der Waals surface area contributed by atoms with Crippen molar-refractivity contribution >= 4 is 11.8 Å².